The molecule has 1 aliphatic carbocycles. The molecule has 1 aromatic rings. The third-order valence-electron chi connectivity index (χ3n) is 6.22. The molecule has 1 saturated carbocycles. The first kappa shape index (κ1) is 21.9. The number of β-amino-alcohol motifs (C(OH)–C–C–N with tert-alkyl or cyclic N) is 1. The summed E-state index contributed by atoms with van der Waals surface area (Å²) in [6.45, 7) is 14.1. The molecule has 0 unspecified atom stereocenters. The number of benzene rings is 1. The van der Waals surface area contributed by atoms with E-state index in [1.807, 2.05) is 6.07 Å². The van der Waals surface area contributed by atoms with E-state index in [1.165, 1.54) is 17.7 Å². The highest BCUT2D eigenvalue weighted by Crippen LogP contribution is 2.39. The highest BCUT2D eigenvalue weighted by molar-refractivity contribution is 6.30. The number of rotatable bonds is 6. The standard InChI is InChI=1S/C23H37ClN2O2/c1-17-11-21(14-23(3,4)13-17)28-16-20(27)15-25-7-9-26(10-8-25)22-12-19(24)6-5-18(22)2/h5-6,12,17,20-21,27H,7-11,13-16H2,1-4H3/t17-,20+,21-/m1/s1. The summed E-state index contributed by atoms with van der Waals surface area (Å²) in [4.78, 5) is 4.74. The number of anilines is 1. The molecule has 28 heavy (non-hydrogen) atoms. The van der Waals surface area contributed by atoms with Crippen LogP contribution in [0.15, 0.2) is 18.2 Å². The van der Waals surface area contributed by atoms with Gasteiger partial charge in [0.25, 0.3) is 0 Å². The van der Waals surface area contributed by atoms with E-state index in [4.69, 9.17) is 16.3 Å². The van der Waals surface area contributed by atoms with Crippen LogP contribution in [0, 0.1) is 18.3 Å². The molecular formula is C23H37ClN2O2. The minimum absolute atomic E-state index is 0.288. The van der Waals surface area contributed by atoms with Crippen LogP contribution >= 0.6 is 11.6 Å². The van der Waals surface area contributed by atoms with Crippen LogP contribution < -0.4 is 4.90 Å². The van der Waals surface area contributed by atoms with Crippen LogP contribution in [0.3, 0.4) is 0 Å². The predicted octanol–water partition coefficient (Wildman–Crippen LogP) is 4.36. The maximum atomic E-state index is 10.5. The fourth-order valence-electron chi connectivity index (χ4n) is 5.08. The van der Waals surface area contributed by atoms with Gasteiger partial charge in [-0.15, -0.1) is 0 Å². The Bertz CT molecular complexity index is 643. The number of ether oxygens (including phenoxy) is 1. The summed E-state index contributed by atoms with van der Waals surface area (Å²) in [5.74, 6) is 0.703. The molecule has 2 aliphatic rings. The van der Waals surface area contributed by atoms with Crippen LogP contribution in [0.2, 0.25) is 5.02 Å². The van der Waals surface area contributed by atoms with Gasteiger partial charge in [-0.1, -0.05) is 38.4 Å². The molecule has 0 spiro atoms. The van der Waals surface area contributed by atoms with Crippen LogP contribution in [0.25, 0.3) is 0 Å². The van der Waals surface area contributed by atoms with Crippen molar-refractivity contribution in [2.45, 2.75) is 59.2 Å². The fraction of sp³-hybridized carbons (Fsp3) is 0.739. The van der Waals surface area contributed by atoms with E-state index < -0.39 is 6.10 Å². The summed E-state index contributed by atoms with van der Waals surface area (Å²) in [7, 11) is 0. The van der Waals surface area contributed by atoms with Crippen LogP contribution in [0.4, 0.5) is 5.69 Å². The van der Waals surface area contributed by atoms with E-state index in [9.17, 15) is 5.11 Å². The van der Waals surface area contributed by atoms with Gasteiger partial charge in [0.1, 0.15) is 0 Å². The van der Waals surface area contributed by atoms with Crippen LogP contribution in [0.5, 0.6) is 0 Å². The smallest absolute Gasteiger partial charge is 0.0900 e. The Labute approximate surface area is 175 Å². The zero-order chi connectivity index (χ0) is 20.3. The van der Waals surface area contributed by atoms with Gasteiger partial charge >= 0.3 is 0 Å². The normalized spacial score (nSPS) is 27.0. The Morgan fingerprint density at radius 2 is 1.93 bits per heavy atom. The number of aliphatic hydroxyl groups excluding tert-OH is 1. The van der Waals surface area contributed by atoms with Gasteiger partial charge in [-0.05, 0) is 55.2 Å². The van der Waals surface area contributed by atoms with Crippen molar-refractivity contribution in [2.24, 2.45) is 11.3 Å². The fourth-order valence-corrected chi connectivity index (χ4v) is 5.24. The van der Waals surface area contributed by atoms with Gasteiger partial charge in [-0.3, -0.25) is 4.90 Å². The zero-order valence-corrected chi connectivity index (χ0v) is 18.7. The third kappa shape index (κ3) is 6.09. The summed E-state index contributed by atoms with van der Waals surface area (Å²) >= 11 is 6.17. The van der Waals surface area contributed by atoms with E-state index in [0.717, 1.165) is 44.0 Å². The van der Waals surface area contributed by atoms with E-state index in [0.29, 0.717) is 24.5 Å². The molecule has 3 atom stereocenters. The summed E-state index contributed by atoms with van der Waals surface area (Å²) in [6, 6.07) is 6.08. The summed E-state index contributed by atoms with van der Waals surface area (Å²) < 4.78 is 6.11. The van der Waals surface area contributed by atoms with E-state index >= 15 is 0 Å². The molecule has 1 saturated heterocycles. The van der Waals surface area contributed by atoms with Gasteiger partial charge in [0.05, 0.1) is 18.8 Å². The van der Waals surface area contributed by atoms with Crippen molar-refractivity contribution in [3.8, 4) is 0 Å². The summed E-state index contributed by atoms with van der Waals surface area (Å²) in [5, 5.41) is 11.3. The van der Waals surface area contributed by atoms with Gasteiger partial charge in [-0.2, -0.15) is 0 Å². The number of aryl methyl sites for hydroxylation is 1. The first-order valence-electron chi connectivity index (χ1n) is 10.7. The molecule has 0 bridgehead atoms. The molecule has 0 amide bonds. The van der Waals surface area contributed by atoms with Crippen LogP contribution in [0.1, 0.15) is 45.6 Å². The van der Waals surface area contributed by atoms with Crippen molar-refractivity contribution in [3.05, 3.63) is 28.8 Å². The highest BCUT2D eigenvalue weighted by atomic mass is 35.5. The second-order valence-corrected chi connectivity index (χ2v) is 10.2. The number of hydrogen-bond donors (Lipinski definition) is 1. The lowest BCUT2D eigenvalue weighted by Crippen LogP contribution is -2.49. The summed E-state index contributed by atoms with van der Waals surface area (Å²) in [6.07, 6.45) is 3.36. The van der Waals surface area contributed by atoms with Crippen molar-refractivity contribution in [1.82, 2.24) is 4.90 Å². The Hall–Kier alpha value is -0.810. The van der Waals surface area contributed by atoms with Crippen molar-refractivity contribution >= 4 is 17.3 Å². The Kier molecular flexibility index (Phi) is 7.30. The number of nitrogens with zero attached hydrogens (tertiary/aromatic N) is 2. The lowest BCUT2D eigenvalue weighted by Gasteiger charge is -2.39. The highest BCUT2D eigenvalue weighted by Gasteiger charge is 2.33. The molecule has 5 heteroatoms. The van der Waals surface area contributed by atoms with Crippen LogP contribution in [-0.4, -0.2) is 61.5 Å². The quantitative estimate of drug-likeness (QED) is 0.758. The average Bonchev–Trinajstić information content (AvgIpc) is 2.61. The monoisotopic (exact) mass is 408 g/mol. The lowest BCUT2D eigenvalue weighted by molar-refractivity contribution is -0.0615. The molecule has 1 aliphatic heterocycles. The summed E-state index contributed by atoms with van der Waals surface area (Å²) in [5.41, 5.74) is 2.84. The average molecular weight is 409 g/mol. The molecule has 0 aromatic heterocycles. The van der Waals surface area contributed by atoms with Gasteiger partial charge in [0, 0.05) is 43.4 Å². The lowest BCUT2D eigenvalue weighted by atomic mass is 9.71. The van der Waals surface area contributed by atoms with Crippen molar-refractivity contribution in [2.75, 3.05) is 44.2 Å². The Balaban J connectivity index is 1.41. The Morgan fingerprint density at radius 1 is 1.21 bits per heavy atom. The van der Waals surface area contributed by atoms with Crippen molar-refractivity contribution in [3.63, 3.8) is 0 Å². The number of halogens is 1. The molecule has 158 valence electrons. The minimum Gasteiger partial charge on any atom is -0.389 e. The molecule has 1 aromatic carbocycles. The molecule has 0 radical (unpaired) electrons. The molecule has 1 heterocycles. The first-order chi connectivity index (χ1) is 13.2. The largest absolute Gasteiger partial charge is 0.389 e. The second-order valence-electron chi connectivity index (χ2n) is 9.74. The number of aliphatic hydroxyl groups is 1. The molecule has 2 fully saturated rings. The van der Waals surface area contributed by atoms with Gasteiger partial charge in [0.15, 0.2) is 0 Å². The Morgan fingerprint density at radius 3 is 2.61 bits per heavy atom. The second kappa shape index (κ2) is 9.34. The number of hydrogen-bond acceptors (Lipinski definition) is 4. The zero-order valence-electron chi connectivity index (χ0n) is 18.0. The van der Waals surface area contributed by atoms with Crippen LogP contribution in [-0.2, 0) is 4.74 Å². The SMILES string of the molecule is Cc1ccc(Cl)cc1N1CCN(C[C@H](O)CO[C@@H]2C[C@@H](C)CC(C)(C)C2)CC1. The predicted molar refractivity (Wildman–Crippen MR) is 117 cm³/mol. The minimum atomic E-state index is -0.417. The molecule has 3 rings (SSSR count). The molecule has 4 nitrogen and oxygen atoms in total. The van der Waals surface area contributed by atoms with Gasteiger partial charge < -0.3 is 14.7 Å². The molecular weight excluding hydrogens is 372 g/mol. The molecule has 1 N–H and O–H groups in total. The first-order valence-corrected chi connectivity index (χ1v) is 11.1. The maximum absolute atomic E-state index is 10.5. The van der Waals surface area contributed by atoms with Gasteiger partial charge in [0.2, 0.25) is 0 Å². The van der Waals surface area contributed by atoms with Crippen molar-refractivity contribution in [1.29, 1.82) is 0 Å². The van der Waals surface area contributed by atoms with E-state index in [2.05, 4.69) is 49.6 Å². The van der Waals surface area contributed by atoms with E-state index in [1.54, 1.807) is 0 Å². The van der Waals surface area contributed by atoms with E-state index in [-0.39, 0.29) is 6.10 Å². The topological polar surface area (TPSA) is 35.9 Å². The number of piperazine rings is 1. The maximum Gasteiger partial charge on any atom is 0.0900 e. The third-order valence-corrected chi connectivity index (χ3v) is 6.46. The van der Waals surface area contributed by atoms with Crippen molar-refractivity contribution < 1.29 is 9.84 Å². The van der Waals surface area contributed by atoms with Gasteiger partial charge in [-0.25, -0.2) is 0 Å².